The minimum Gasteiger partial charge on any atom is -0.494 e. The zero-order chi connectivity index (χ0) is 19.1. The van der Waals surface area contributed by atoms with Crippen LogP contribution in [0.1, 0.15) is 18.2 Å². The van der Waals surface area contributed by atoms with E-state index in [-0.39, 0.29) is 11.6 Å². The Labute approximate surface area is 158 Å². The topological polar surface area (TPSA) is 66.1 Å². The highest BCUT2D eigenvalue weighted by atomic mass is 19.1. The number of ether oxygens (including phenoxy) is 1. The minimum atomic E-state index is -0.364. The van der Waals surface area contributed by atoms with Crippen molar-refractivity contribution in [2.75, 3.05) is 39.8 Å². The van der Waals surface area contributed by atoms with E-state index in [2.05, 4.69) is 25.3 Å². The van der Waals surface area contributed by atoms with Crippen LogP contribution in [0, 0.1) is 5.82 Å². The van der Waals surface area contributed by atoms with Gasteiger partial charge >= 0.3 is 0 Å². The molecule has 0 spiro atoms. The van der Waals surface area contributed by atoms with Crippen LogP contribution in [0.3, 0.4) is 0 Å². The number of nitrogens with one attached hydrogen (secondary N) is 1. The third-order valence-electron chi connectivity index (χ3n) is 4.51. The van der Waals surface area contributed by atoms with Crippen LogP contribution in [0.5, 0.6) is 5.75 Å². The Morgan fingerprint density at radius 3 is 2.74 bits per heavy atom. The van der Waals surface area contributed by atoms with Crippen molar-refractivity contribution in [3.63, 3.8) is 0 Å². The Morgan fingerprint density at radius 2 is 2.11 bits per heavy atom. The SMILES string of the molecule is CCNC(=NCc1ccc(OC)c(F)c1)N1CCN(Cc2ccon2)CC1. The molecule has 0 atom stereocenters. The maximum Gasteiger partial charge on any atom is 0.194 e. The number of methoxy groups -OCH3 is 1. The van der Waals surface area contributed by atoms with Crippen LogP contribution in [0.25, 0.3) is 0 Å². The molecule has 2 heterocycles. The third kappa shape index (κ3) is 5.19. The smallest absolute Gasteiger partial charge is 0.194 e. The van der Waals surface area contributed by atoms with Crippen LogP contribution in [0.2, 0.25) is 0 Å². The zero-order valence-electron chi connectivity index (χ0n) is 15.8. The summed E-state index contributed by atoms with van der Waals surface area (Å²) in [5, 5.41) is 7.30. The van der Waals surface area contributed by atoms with Gasteiger partial charge in [-0.1, -0.05) is 11.2 Å². The summed E-state index contributed by atoms with van der Waals surface area (Å²) in [6.45, 7) is 7.65. The Morgan fingerprint density at radius 1 is 1.30 bits per heavy atom. The first-order chi connectivity index (χ1) is 13.2. The van der Waals surface area contributed by atoms with Gasteiger partial charge in [-0.2, -0.15) is 0 Å². The third-order valence-corrected chi connectivity index (χ3v) is 4.51. The quantitative estimate of drug-likeness (QED) is 0.616. The van der Waals surface area contributed by atoms with Crippen molar-refractivity contribution >= 4 is 5.96 Å². The second kappa shape index (κ2) is 9.36. The predicted molar refractivity (Wildman–Crippen MR) is 101 cm³/mol. The van der Waals surface area contributed by atoms with Crippen molar-refractivity contribution in [1.29, 1.82) is 0 Å². The van der Waals surface area contributed by atoms with Crippen LogP contribution >= 0.6 is 0 Å². The van der Waals surface area contributed by atoms with E-state index in [0.717, 1.165) is 56.5 Å². The average Bonchev–Trinajstić information content (AvgIpc) is 3.19. The molecule has 0 amide bonds. The van der Waals surface area contributed by atoms with Gasteiger partial charge in [0.25, 0.3) is 0 Å². The van der Waals surface area contributed by atoms with E-state index in [1.54, 1.807) is 12.3 Å². The second-order valence-corrected chi connectivity index (χ2v) is 6.39. The van der Waals surface area contributed by atoms with Gasteiger partial charge in [0.2, 0.25) is 0 Å². The monoisotopic (exact) mass is 375 g/mol. The fourth-order valence-corrected chi connectivity index (χ4v) is 3.07. The van der Waals surface area contributed by atoms with Crippen molar-refractivity contribution in [3.8, 4) is 5.75 Å². The number of halogens is 1. The highest BCUT2D eigenvalue weighted by Gasteiger charge is 2.20. The van der Waals surface area contributed by atoms with Crippen LogP contribution in [0.4, 0.5) is 4.39 Å². The maximum atomic E-state index is 13.9. The largest absolute Gasteiger partial charge is 0.494 e. The molecule has 2 aromatic rings. The summed E-state index contributed by atoms with van der Waals surface area (Å²) in [6.07, 6.45) is 1.60. The lowest BCUT2D eigenvalue weighted by Gasteiger charge is -2.36. The Hall–Kier alpha value is -2.61. The van der Waals surface area contributed by atoms with Crippen molar-refractivity contribution in [2.24, 2.45) is 4.99 Å². The maximum absolute atomic E-state index is 13.9. The lowest BCUT2D eigenvalue weighted by molar-refractivity contribution is 0.169. The molecule has 1 aromatic heterocycles. The summed E-state index contributed by atoms with van der Waals surface area (Å²) >= 11 is 0. The van der Waals surface area contributed by atoms with Gasteiger partial charge < -0.3 is 19.5 Å². The molecule has 1 aliphatic heterocycles. The summed E-state index contributed by atoms with van der Waals surface area (Å²) in [7, 11) is 1.46. The molecule has 1 aromatic carbocycles. The Bertz CT molecular complexity index is 743. The molecule has 1 saturated heterocycles. The number of nitrogens with zero attached hydrogens (tertiary/aromatic N) is 4. The lowest BCUT2D eigenvalue weighted by atomic mass is 10.2. The average molecular weight is 375 g/mol. The number of aromatic nitrogens is 1. The van der Waals surface area contributed by atoms with Gasteiger partial charge in [-0.05, 0) is 24.6 Å². The first-order valence-corrected chi connectivity index (χ1v) is 9.17. The predicted octanol–water partition coefficient (Wildman–Crippen LogP) is 2.11. The van der Waals surface area contributed by atoms with Crippen molar-refractivity contribution in [3.05, 3.63) is 47.6 Å². The molecule has 1 fully saturated rings. The number of hydrogen-bond acceptors (Lipinski definition) is 5. The molecule has 146 valence electrons. The van der Waals surface area contributed by atoms with Crippen molar-refractivity contribution < 1.29 is 13.7 Å². The van der Waals surface area contributed by atoms with Crippen LogP contribution in [-0.4, -0.2) is 60.7 Å². The molecule has 7 nitrogen and oxygen atoms in total. The highest BCUT2D eigenvalue weighted by molar-refractivity contribution is 5.80. The number of hydrogen-bond donors (Lipinski definition) is 1. The van der Waals surface area contributed by atoms with Crippen molar-refractivity contribution in [2.45, 2.75) is 20.0 Å². The van der Waals surface area contributed by atoms with E-state index < -0.39 is 0 Å². The van der Waals surface area contributed by atoms with Gasteiger partial charge in [-0.3, -0.25) is 4.90 Å². The molecule has 1 aliphatic rings. The molecule has 1 N–H and O–H groups in total. The van der Waals surface area contributed by atoms with Crippen molar-refractivity contribution in [1.82, 2.24) is 20.3 Å². The summed E-state index contributed by atoms with van der Waals surface area (Å²) in [5.74, 6) is 0.740. The van der Waals surface area contributed by atoms with E-state index in [1.807, 2.05) is 19.1 Å². The molecule has 8 heteroatoms. The van der Waals surface area contributed by atoms with E-state index >= 15 is 0 Å². The van der Waals surface area contributed by atoms with Gasteiger partial charge in [0.15, 0.2) is 17.5 Å². The molecule has 3 rings (SSSR count). The van der Waals surface area contributed by atoms with E-state index in [4.69, 9.17) is 9.26 Å². The fourth-order valence-electron chi connectivity index (χ4n) is 3.07. The second-order valence-electron chi connectivity index (χ2n) is 6.39. The van der Waals surface area contributed by atoms with Crippen LogP contribution < -0.4 is 10.1 Å². The van der Waals surface area contributed by atoms with Crippen LogP contribution in [-0.2, 0) is 13.1 Å². The highest BCUT2D eigenvalue weighted by Crippen LogP contribution is 2.18. The molecule has 0 unspecified atom stereocenters. The summed E-state index contributed by atoms with van der Waals surface area (Å²) in [5.41, 5.74) is 1.76. The van der Waals surface area contributed by atoms with E-state index in [1.165, 1.54) is 13.2 Å². The number of piperazine rings is 1. The number of rotatable bonds is 6. The van der Waals surface area contributed by atoms with E-state index in [0.29, 0.717) is 6.54 Å². The van der Waals surface area contributed by atoms with Gasteiger partial charge in [0.1, 0.15) is 6.26 Å². The van der Waals surface area contributed by atoms with Gasteiger partial charge in [0.05, 0.1) is 19.3 Å². The van der Waals surface area contributed by atoms with Gasteiger partial charge in [-0.25, -0.2) is 9.38 Å². The molecule has 0 bridgehead atoms. The van der Waals surface area contributed by atoms with Gasteiger partial charge in [0, 0.05) is 45.3 Å². The lowest BCUT2D eigenvalue weighted by Crippen LogP contribution is -2.52. The number of guanidine groups is 1. The molecular weight excluding hydrogens is 349 g/mol. The molecule has 0 aliphatic carbocycles. The first-order valence-electron chi connectivity index (χ1n) is 9.17. The molecule has 0 radical (unpaired) electrons. The molecule has 0 saturated carbocycles. The molecular formula is C19H26FN5O2. The summed E-state index contributed by atoms with van der Waals surface area (Å²) in [4.78, 5) is 9.27. The normalized spacial score (nSPS) is 15.8. The Balaban J connectivity index is 1.58. The minimum absolute atomic E-state index is 0.248. The van der Waals surface area contributed by atoms with Crippen LogP contribution in [0.15, 0.2) is 40.0 Å². The summed E-state index contributed by atoms with van der Waals surface area (Å²) < 4.78 is 23.7. The van der Waals surface area contributed by atoms with E-state index in [9.17, 15) is 4.39 Å². The Kier molecular flexibility index (Phi) is 6.64. The molecule has 27 heavy (non-hydrogen) atoms. The standard InChI is InChI=1S/C19H26FN5O2/c1-3-21-19(22-13-15-4-5-18(26-2)17(20)12-15)25-9-7-24(8-10-25)14-16-6-11-27-23-16/h4-6,11-12H,3,7-10,13-14H2,1-2H3,(H,21,22). The number of aliphatic imine (C=N–C) groups is 1. The first kappa shape index (κ1) is 19.2. The fraction of sp³-hybridized carbons (Fsp3) is 0.474. The summed E-state index contributed by atoms with van der Waals surface area (Å²) in [6, 6.07) is 6.84. The number of benzene rings is 1. The zero-order valence-corrected chi connectivity index (χ0v) is 15.8. The van der Waals surface area contributed by atoms with Gasteiger partial charge in [-0.15, -0.1) is 0 Å².